The summed E-state index contributed by atoms with van der Waals surface area (Å²) in [5.41, 5.74) is 1.77. The fourth-order valence-electron chi connectivity index (χ4n) is 2.16. The highest BCUT2D eigenvalue weighted by Crippen LogP contribution is 2.12. The van der Waals surface area contributed by atoms with Crippen molar-refractivity contribution in [1.82, 2.24) is 14.8 Å². The fourth-order valence-corrected chi connectivity index (χ4v) is 2.16. The van der Waals surface area contributed by atoms with Gasteiger partial charge >= 0.3 is 5.97 Å². The SMILES string of the molecule is CCOC(=O)c1ccc(NC(=O)c2ncn(-c3ccccc3)n2)cc1. The Morgan fingerprint density at radius 1 is 1.08 bits per heavy atom. The van der Waals surface area contributed by atoms with Gasteiger partial charge in [0.1, 0.15) is 6.33 Å². The van der Waals surface area contributed by atoms with E-state index in [2.05, 4.69) is 15.4 Å². The number of benzene rings is 2. The molecule has 3 aromatic rings. The molecule has 2 aromatic carbocycles. The Balaban J connectivity index is 1.68. The van der Waals surface area contributed by atoms with Crippen LogP contribution in [-0.2, 0) is 4.74 Å². The Kier molecular flexibility index (Phi) is 4.84. The highest BCUT2D eigenvalue weighted by atomic mass is 16.5. The maximum absolute atomic E-state index is 12.2. The molecule has 0 spiro atoms. The van der Waals surface area contributed by atoms with Crippen LogP contribution in [0, 0.1) is 0 Å². The number of ether oxygens (including phenoxy) is 1. The molecule has 0 aliphatic carbocycles. The average molecular weight is 336 g/mol. The molecule has 0 fully saturated rings. The second-order valence-corrected chi connectivity index (χ2v) is 5.10. The number of carbonyl (C=O) groups excluding carboxylic acids is 2. The van der Waals surface area contributed by atoms with Crippen molar-refractivity contribution >= 4 is 17.6 Å². The molecule has 0 aliphatic rings. The Morgan fingerprint density at radius 2 is 1.80 bits per heavy atom. The van der Waals surface area contributed by atoms with Gasteiger partial charge in [0.2, 0.25) is 5.82 Å². The monoisotopic (exact) mass is 336 g/mol. The summed E-state index contributed by atoms with van der Waals surface area (Å²) in [6.45, 7) is 2.06. The van der Waals surface area contributed by atoms with Crippen LogP contribution in [0.25, 0.3) is 5.69 Å². The van der Waals surface area contributed by atoms with Crippen LogP contribution in [0.2, 0.25) is 0 Å². The molecule has 0 aliphatic heterocycles. The minimum absolute atomic E-state index is 0.0540. The normalized spacial score (nSPS) is 10.3. The Bertz CT molecular complexity index is 873. The minimum atomic E-state index is -0.432. The van der Waals surface area contributed by atoms with Gasteiger partial charge in [-0.15, -0.1) is 5.10 Å². The van der Waals surface area contributed by atoms with Gasteiger partial charge in [-0.3, -0.25) is 4.79 Å². The van der Waals surface area contributed by atoms with Gasteiger partial charge in [-0.2, -0.15) is 0 Å². The van der Waals surface area contributed by atoms with Gasteiger partial charge in [-0.1, -0.05) is 18.2 Å². The fraction of sp³-hybridized carbons (Fsp3) is 0.111. The van der Waals surface area contributed by atoms with Crippen LogP contribution in [0.15, 0.2) is 60.9 Å². The van der Waals surface area contributed by atoms with Crippen molar-refractivity contribution in [3.8, 4) is 5.69 Å². The van der Waals surface area contributed by atoms with Gasteiger partial charge in [-0.25, -0.2) is 14.5 Å². The van der Waals surface area contributed by atoms with E-state index >= 15 is 0 Å². The summed E-state index contributed by atoms with van der Waals surface area (Å²) in [5.74, 6) is -0.777. The Labute approximate surface area is 144 Å². The van der Waals surface area contributed by atoms with Crippen LogP contribution >= 0.6 is 0 Å². The maximum Gasteiger partial charge on any atom is 0.338 e. The highest BCUT2D eigenvalue weighted by molar-refractivity contribution is 6.01. The quantitative estimate of drug-likeness (QED) is 0.724. The second-order valence-electron chi connectivity index (χ2n) is 5.10. The van der Waals surface area contributed by atoms with E-state index in [0.717, 1.165) is 5.69 Å². The number of hydrogen-bond acceptors (Lipinski definition) is 5. The third-order valence-corrected chi connectivity index (χ3v) is 3.37. The van der Waals surface area contributed by atoms with Crippen LogP contribution in [-0.4, -0.2) is 33.2 Å². The first-order valence-electron chi connectivity index (χ1n) is 7.73. The van der Waals surface area contributed by atoms with E-state index in [1.54, 1.807) is 31.2 Å². The van der Waals surface area contributed by atoms with Crippen LogP contribution in [0.3, 0.4) is 0 Å². The lowest BCUT2D eigenvalue weighted by molar-refractivity contribution is 0.0526. The molecular weight excluding hydrogens is 320 g/mol. The lowest BCUT2D eigenvalue weighted by Gasteiger charge is -2.05. The van der Waals surface area contributed by atoms with E-state index in [1.807, 2.05) is 30.3 Å². The third kappa shape index (κ3) is 3.89. The topological polar surface area (TPSA) is 86.1 Å². The summed E-state index contributed by atoms with van der Waals surface area (Å²) >= 11 is 0. The number of nitrogens with one attached hydrogen (secondary N) is 1. The van der Waals surface area contributed by atoms with Crippen LogP contribution in [0.1, 0.15) is 27.9 Å². The molecule has 1 heterocycles. The first-order chi connectivity index (χ1) is 12.2. The molecule has 0 atom stereocenters. The lowest BCUT2D eigenvalue weighted by atomic mass is 10.2. The Hall–Kier alpha value is -3.48. The maximum atomic E-state index is 12.2. The number of hydrogen-bond donors (Lipinski definition) is 1. The summed E-state index contributed by atoms with van der Waals surface area (Å²) in [4.78, 5) is 27.9. The standard InChI is InChI=1S/C18H16N4O3/c1-2-25-18(24)13-8-10-14(11-9-13)20-17(23)16-19-12-22(21-16)15-6-4-3-5-7-15/h3-12H,2H2,1H3,(H,20,23). The Morgan fingerprint density at radius 3 is 2.48 bits per heavy atom. The molecule has 1 N–H and O–H groups in total. The number of amides is 1. The van der Waals surface area contributed by atoms with Gasteiger partial charge in [0, 0.05) is 5.69 Å². The third-order valence-electron chi connectivity index (χ3n) is 3.37. The smallest absolute Gasteiger partial charge is 0.338 e. The van der Waals surface area contributed by atoms with Gasteiger partial charge < -0.3 is 10.1 Å². The molecule has 25 heavy (non-hydrogen) atoms. The van der Waals surface area contributed by atoms with E-state index < -0.39 is 11.9 Å². The number of carbonyl (C=O) groups is 2. The number of esters is 1. The molecule has 0 saturated carbocycles. The zero-order valence-electron chi connectivity index (χ0n) is 13.5. The average Bonchev–Trinajstić information content (AvgIpc) is 3.13. The molecule has 0 bridgehead atoms. The van der Waals surface area contributed by atoms with E-state index in [4.69, 9.17) is 4.74 Å². The lowest BCUT2D eigenvalue weighted by Crippen LogP contribution is -2.14. The molecule has 3 rings (SSSR count). The first-order valence-corrected chi connectivity index (χ1v) is 7.73. The van der Waals surface area contributed by atoms with Crippen LogP contribution in [0.4, 0.5) is 5.69 Å². The van der Waals surface area contributed by atoms with Crippen LogP contribution < -0.4 is 5.32 Å². The van der Waals surface area contributed by atoms with Crippen molar-refractivity contribution < 1.29 is 14.3 Å². The predicted octanol–water partition coefficient (Wildman–Crippen LogP) is 2.70. The summed E-state index contributed by atoms with van der Waals surface area (Å²) in [6, 6.07) is 15.8. The molecule has 126 valence electrons. The molecule has 0 radical (unpaired) electrons. The highest BCUT2D eigenvalue weighted by Gasteiger charge is 2.13. The van der Waals surface area contributed by atoms with E-state index in [9.17, 15) is 9.59 Å². The molecule has 1 aromatic heterocycles. The molecule has 0 unspecified atom stereocenters. The van der Waals surface area contributed by atoms with Gasteiger partial charge in [0.25, 0.3) is 5.91 Å². The largest absolute Gasteiger partial charge is 0.462 e. The summed E-state index contributed by atoms with van der Waals surface area (Å²) in [7, 11) is 0. The predicted molar refractivity (Wildman–Crippen MR) is 91.7 cm³/mol. The van der Waals surface area contributed by atoms with Gasteiger partial charge in [-0.05, 0) is 43.3 Å². The van der Waals surface area contributed by atoms with Gasteiger partial charge in [0.05, 0.1) is 17.9 Å². The van der Waals surface area contributed by atoms with Crippen molar-refractivity contribution in [3.05, 3.63) is 72.3 Å². The van der Waals surface area contributed by atoms with Crippen molar-refractivity contribution in [2.24, 2.45) is 0 Å². The molecular formula is C18H16N4O3. The van der Waals surface area contributed by atoms with Crippen molar-refractivity contribution in [1.29, 1.82) is 0 Å². The number of para-hydroxylation sites is 1. The number of rotatable bonds is 5. The molecule has 7 heteroatoms. The van der Waals surface area contributed by atoms with Crippen molar-refractivity contribution in [2.75, 3.05) is 11.9 Å². The van der Waals surface area contributed by atoms with Gasteiger partial charge in [0.15, 0.2) is 0 Å². The zero-order chi connectivity index (χ0) is 17.6. The molecule has 1 amide bonds. The first kappa shape index (κ1) is 16.4. The molecule has 7 nitrogen and oxygen atoms in total. The summed E-state index contributed by atoms with van der Waals surface area (Å²) < 4.78 is 6.44. The minimum Gasteiger partial charge on any atom is -0.462 e. The van der Waals surface area contributed by atoms with Crippen molar-refractivity contribution in [2.45, 2.75) is 6.92 Å². The summed E-state index contributed by atoms with van der Waals surface area (Å²) in [5, 5.41) is 6.86. The number of nitrogens with zero attached hydrogens (tertiary/aromatic N) is 3. The van der Waals surface area contributed by atoms with E-state index in [-0.39, 0.29) is 5.82 Å². The summed E-state index contributed by atoms with van der Waals surface area (Å²) in [6.07, 6.45) is 1.48. The van der Waals surface area contributed by atoms with E-state index in [1.165, 1.54) is 11.0 Å². The number of aromatic nitrogens is 3. The van der Waals surface area contributed by atoms with Crippen molar-refractivity contribution in [3.63, 3.8) is 0 Å². The zero-order valence-corrected chi connectivity index (χ0v) is 13.5. The van der Waals surface area contributed by atoms with E-state index in [0.29, 0.717) is 17.9 Å². The second kappa shape index (κ2) is 7.39. The van der Waals surface area contributed by atoms with Crippen LogP contribution in [0.5, 0.6) is 0 Å². The molecule has 0 saturated heterocycles. The number of anilines is 1.